The molecule has 28 heavy (non-hydrogen) atoms. The summed E-state index contributed by atoms with van der Waals surface area (Å²) in [5.74, 6) is -2.18. The molecular weight excluding hydrogens is 358 g/mol. The monoisotopic (exact) mass is 396 g/mol. The Morgan fingerprint density at radius 1 is 1.25 bits per heavy atom. The third kappa shape index (κ3) is 5.76. The number of allylic oxidation sites excluding steroid dienone is 3. The van der Waals surface area contributed by atoms with E-state index in [1.807, 2.05) is 34.6 Å². The molecule has 160 valence electrons. The fraction of sp³-hybridized carbons (Fsp3) is 0.696. The molecule has 1 aliphatic heterocycles. The summed E-state index contributed by atoms with van der Waals surface area (Å²) in [7, 11) is 1.68. The summed E-state index contributed by atoms with van der Waals surface area (Å²) in [5.41, 5.74) is 4.32. The van der Waals surface area contributed by atoms with Gasteiger partial charge in [-0.15, -0.1) is 0 Å². The van der Waals surface area contributed by atoms with Gasteiger partial charge in [0.1, 0.15) is 5.76 Å². The number of ether oxygens (including phenoxy) is 1. The van der Waals surface area contributed by atoms with Gasteiger partial charge < -0.3 is 4.74 Å². The van der Waals surface area contributed by atoms with Crippen molar-refractivity contribution in [3.05, 3.63) is 34.6 Å². The van der Waals surface area contributed by atoms with E-state index in [2.05, 4.69) is 22.0 Å². The molecule has 0 unspecified atom stereocenters. The van der Waals surface area contributed by atoms with Gasteiger partial charge in [-0.1, -0.05) is 26.8 Å². The summed E-state index contributed by atoms with van der Waals surface area (Å²) >= 11 is 0. The summed E-state index contributed by atoms with van der Waals surface area (Å²) in [6.07, 6.45) is 5.21. The van der Waals surface area contributed by atoms with E-state index in [0.29, 0.717) is 32.5 Å². The topological polar surface area (TPSA) is 24.8 Å². The molecule has 3 nitrogen and oxygen atoms in total. The van der Waals surface area contributed by atoms with Crippen LogP contribution in [0.3, 0.4) is 0 Å². The first-order chi connectivity index (χ1) is 13.4. The van der Waals surface area contributed by atoms with Crippen molar-refractivity contribution in [1.29, 1.82) is 0 Å². The van der Waals surface area contributed by atoms with E-state index >= 15 is 0 Å². The van der Waals surface area contributed by atoms with Crippen LogP contribution >= 0.6 is 0 Å². The van der Waals surface area contributed by atoms with E-state index in [9.17, 15) is 8.78 Å². The predicted octanol–water partition coefficient (Wildman–Crippen LogP) is 6.04. The SMILES string of the molecule is C/C=C1/C(CN2CCC(C(F)(F)CC)CC2)=CC(OC)=C(C)C1=NCC.CC. The van der Waals surface area contributed by atoms with Crippen LogP contribution in [0, 0.1) is 5.92 Å². The van der Waals surface area contributed by atoms with E-state index in [1.54, 1.807) is 14.0 Å². The summed E-state index contributed by atoms with van der Waals surface area (Å²) in [5, 5.41) is 0. The molecule has 5 heteroatoms. The van der Waals surface area contributed by atoms with Crippen LogP contribution in [-0.2, 0) is 4.74 Å². The molecule has 0 spiro atoms. The molecule has 2 aliphatic rings. The Morgan fingerprint density at radius 3 is 2.32 bits per heavy atom. The number of aliphatic imine (C=N–C) groups is 1. The number of likely N-dealkylation sites (tertiary alicyclic amines) is 1. The highest BCUT2D eigenvalue weighted by Gasteiger charge is 2.39. The molecule has 0 radical (unpaired) electrons. The Bertz CT molecular complexity index is 625. The Labute approximate surface area is 170 Å². The highest BCUT2D eigenvalue weighted by atomic mass is 19.3. The third-order valence-corrected chi connectivity index (χ3v) is 5.51. The number of hydrogen-bond donors (Lipinski definition) is 0. The molecule has 1 fully saturated rings. The molecule has 1 aliphatic carbocycles. The lowest BCUT2D eigenvalue weighted by atomic mass is 9.87. The van der Waals surface area contributed by atoms with Gasteiger partial charge in [0.2, 0.25) is 0 Å². The highest BCUT2D eigenvalue weighted by molar-refractivity contribution is 6.16. The summed E-state index contributed by atoms with van der Waals surface area (Å²) < 4.78 is 33.4. The maximum absolute atomic E-state index is 13.9. The molecule has 2 rings (SSSR count). The van der Waals surface area contributed by atoms with E-state index in [-0.39, 0.29) is 6.42 Å². The number of alkyl halides is 2. The van der Waals surface area contributed by atoms with Crippen LogP contribution < -0.4 is 0 Å². The van der Waals surface area contributed by atoms with Gasteiger partial charge in [0, 0.05) is 36.6 Å². The van der Waals surface area contributed by atoms with Crippen molar-refractivity contribution in [3.63, 3.8) is 0 Å². The van der Waals surface area contributed by atoms with E-state index in [0.717, 1.165) is 34.7 Å². The van der Waals surface area contributed by atoms with Crippen molar-refractivity contribution in [2.45, 2.75) is 66.7 Å². The van der Waals surface area contributed by atoms with E-state index < -0.39 is 11.8 Å². The number of methoxy groups -OCH3 is 1. The zero-order chi connectivity index (χ0) is 21.3. The van der Waals surface area contributed by atoms with Gasteiger partial charge in [0.15, 0.2) is 0 Å². The van der Waals surface area contributed by atoms with Crippen molar-refractivity contribution < 1.29 is 13.5 Å². The van der Waals surface area contributed by atoms with Crippen molar-refractivity contribution in [2.24, 2.45) is 10.9 Å². The number of nitrogens with zero attached hydrogens (tertiary/aromatic N) is 2. The molecule has 0 aromatic carbocycles. The average molecular weight is 397 g/mol. The Morgan fingerprint density at radius 2 is 1.86 bits per heavy atom. The zero-order valence-electron chi connectivity index (χ0n) is 18.7. The molecular formula is C23H38F2N2O. The lowest BCUT2D eigenvalue weighted by molar-refractivity contribution is -0.0803. The first kappa shape index (κ1) is 24.5. The second kappa shape index (κ2) is 11.5. The number of halogens is 2. The van der Waals surface area contributed by atoms with Gasteiger partial charge in [-0.3, -0.25) is 9.89 Å². The van der Waals surface area contributed by atoms with Crippen molar-refractivity contribution in [2.75, 3.05) is 33.3 Å². The lowest BCUT2D eigenvalue weighted by Crippen LogP contribution is -2.41. The highest BCUT2D eigenvalue weighted by Crippen LogP contribution is 2.36. The smallest absolute Gasteiger partial charge is 0.250 e. The molecule has 1 heterocycles. The maximum atomic E-state index is 13.9. The van der Waals surface area contributed by atoms with Crippen molar-refractivity contribution in [1.82, 2.24) is 4.90 Å². The van der Waals surface area contributed by atoms with Gasteiger partial charge in [-0.25, -0.2) is 8.78 Å². The summed E-state index contributed by atoms with van der Waals surface area (Å²) in [6, 6.07) is 0. The second-order valence-corrected chi connectivity index (χ2v) is 7.05. The normalized spacial score (nSPS) is 22.2. The molecule has 1 saturated heterocycles. The fourth-order valence-electron chi connectivity index (χ4n) is 3.88. The second-order valence-electron chi connectivity index (χ2n) is 7.05. The molecule has 0 atom stereocenters. The molecule has 0 bridgehead atoms. The molecule has 0 amide bonds. The van der Waals surface area contributed by atoms with Gasteiger partial charge >= 0.3 is 0 Å². The number of hydrogen-bond acceptors (Lipinski definition) is 3. The van der Waals surface area contributed by atoms with Crippen LogP contribution in [0.2, 0.25) is 0 Å². The maximum Gasteiger partial charge on any atom is 0.250 e. The number of rotatable bonds is 6. The van der Waals surface area contributed by atoms with E-state index in [1.165, 1.54) is 0 Å². The quantitative estimate of drug-likeness (QED) is 0.547. The van der Waals surface area contributed by atoms with Crippen LogP contribution in [0.5, 0.6) is 0 Å². The first-order valence-corrected chi connectivity index (χ1v) is 10.6. The average Bonchev–Trinajstić information content (AvgIpc) is 2.72. The predicted molar refractivity (Wildman–Crippen MR) is 115 cm³/mol. The standard InChI is InChI=1S/C21H32F2N2O.C2H6/c1-6-18-16(13-19(26-5)15(4)20(18)24-8-3)14-25-11-9-17(10-12-25)21(22,23)7-2;1-2/h6,13,17H,7-12,14H2,1-5H3;1-2H3/b18-6-,24-20?;. The molecule has 0 aromatic rings. The van der Waals surface area contributed by atoms with Crippen LogP contribution in [0.25, 0.3) is 0 Å². The molecule has 0 aromatic heterocycles. The number of piperidine rings is 1. The lowest BCUT2D eigenvalue weighted by Gasteiger charge is -2.36. The van der Waals surface area contributed by atoms with E-state index in [4.69, 9.17) is 4.74 Å². The Kier molecular flexibility index (Phi) is 10.1. The van der Waals surface area contributed by atoms with Gasteiger partial charge in [0.25, 0.3) is 5.92 Å². The first-order valence-electron chi connectivity index (χ1n) is 10.6. The third-order valence-electron chi connectivity index (χ3n) is 5.51. The van der Waals surface area contributed by atoms with Crippen molar-refractivity contribution in [3.8, 4) is 0 Å². The Balaban J connectivity index is 0.00000190. The van der Waals surface area contributed by atoms with Crippen LogP contribution in [0.15, 0.2) is 39.6 Å². The van der Waals surface area contributed by atoms with Crippen LogP contribution in [0.1, 0.15) is 60.8 Å². The van der Waals surface area contributed by atoms with Crippen molar-refractivity contribution >= 4 is 5.71 Å². The van der Waals surface area contributed by atoms with Gasteiger partial charge in [-0.2, -0.15) is 0 Å². The van der Waals surface area contributed by atoms with Gasteiger partial charge in [0.05, 0.1) is 12.8 Å². The fourth-order valence-corrected chi connectivity index (χ4v) is 3.88. The van der Waals surface area contributed by atoms with Gasteiger partial charge in [-0.05, 0) is 58.4 Å². The molecule has 0 saturated carbocycles. The minimum atomic E-state index is -2.53. The van der Waals surface area contributed by atoms with Crippen LogP contribution in [-0.4, -0.2) is 49.8 Å². The summed E-state index contributed by atoms with van der Waals surface area (Å²) in [4.78, 5) is 6.94. The summed E-state index contributed by atoms with van der Waals surface area (Å²) in [6.45, 7) is 14.5. The minimum Gasteiger partial charge on any atom is -0.496 e. The molecule has 0 N–H and O–H groups in total. The largest absolute Gasteiger partial charge is 0.496 e. The van der Waals surface area contributed by atoms with Crippen LogP contribution in [0.4, 0.5) is 8.78 Å². The minimum absolute atomic E-state index is 0.0658. The zero-order valence-corrected chi connectivity index (χ0v) is 18.7. The Hall–Kier alpha value is -1.49.